The minimum absolute atomic E-state index is 0.0486. The van der Waals surface area contributed by atoms with Gasteiger partial charge in [0, 0.05) is 6.61 Å². The molecule has 1 aliphatic heterocycles. The molecule has 2 atom stereocenters. The summed E-state index contributed by atoms with van der Waals surface area (Å²) in [4.78, 5) is 30.4. The van der Waals surface area contributed by atoms with E-state index < -0.39 is 11.1 Å². The van der Waals surface area contributed by atoms with Crippen molar-refractivity contribution in [3.63, 3.8) is 0 Å². The van der Waals surface area contributed by atoms with Gasteiger partial charge in [0.15, 0.2) is 5.16 Å². The van der Waals surface area contributed by atoms with Crippen LogP contribution in [0.15, 0.2) is 58.5 Å². The summed E-state index contributed by atoms with van der Waals surface area (Å²) < 4.78 is 21.2. The van der Waals surface area contributed by atoms with E-state index in [0.29, 0.717) is 29.2 Å². The fourth-order valence-electron chi connectivity index (χ4n) is 3.40. The Morgan fingerprint density at radius 3 is 2.83 bits per heavy atom. The number of carbonyl (C=O) groups excluding carboxylic acids is 1. The van der Waals surface area contributed by atoms with Crippen LogP contribution in [0.1, 0.15) is 19.8 Å². The topological polar surface area (TPSA) is 73.2 Å². The third-order valence-corrected chi connectivity index (χ3v) is 6.11. The highest BCUT2D eigenvalue weighted by Crippen LogP contribution is 2.25. The van der Waals surface area contributed by atoms with Crippen molar-refractivity contribution in [1.82, 2.24) is 9.55 Å². The molecule has 2 aromatic carbocycles. The predicted molar refractivity (Wildman–Crippen MR) is 115 cm³/mol. The normalized spacial score (nSPS) is 17.2. The molecule has 156 valence electrons. The summed E-state index contributed by atoms with van der Waals surface area (Å²) in [5, 5.41) is 2.99. The van der Waals surface area contributed by atoms with Gasteiger partial charge in [-0.25, -0.2) is 9.37 Å². The number of carbonyl (C=O) groups is 1. The van der Waals surface area contributed by atoms with Gasteiger partial charge in [0.2, 0.25) is 5.91 Å². The highest BCUT2D eigenvalue weighted by Gasteiger charge is 2.23. The molecule has 4 rings (SSSR count). The van der Waals surface area contributed by atoms with Gasteiger partial charge in [-0.1, -0.05) is 36.0 Å². The van der Waals surface area contributed by atoms with Gasteiger partial charge in [-0.2, -0.15) is 0 Å². The Morgan fingerprint density at radius 2 is 2.07 bits per heavy atom. The molecule has 1 amide bonds. The first kappa shape index (κ1) is 20.6. The molecule has 0 unspecified atom stereocenters. The van der Waals surface area contributed by atoms with E-state index in [0.717, 1.165) is 12.8 Å². The van der Waals surface area contributed by atoms with Gasteiger partial charge < -0.3 is 10.1 Å². The molecule has 0 radical (unpaired) electrons. The molecular formula is C22H22FN3O3S. The summed E-state index contributed by atoms with van der Waals surface area (Å²) in [6.07, 6.45) is 1.80. The lowest BCUT2D eigenvalue weighted by molar-refractivity contribution is -0.115. The van der Waals surface area contributed by atoms with Crippen LogP contribution in [0.4, 0.5) is 10.1 Å². The SMILES string of the molecule is C[C@H](Sc1nc2ccccc2c(=O)n1C[C@@H]1CCCO1)C(=O)Nc1ccccc1F. The van der Waals surface area contributed by atoms with Crippen LogP contribution in [0.3, 0.4) is 0 Å². The van der Waals surface area contributed by atoms with E-state index in [9.17, 15) is 14.0 Å². The molecule has 0 aliphatic carbocycles. The molecular weight excluding hydrogens is 405 g/mol. The summed E-state index contributed by atoms with van der Waals surface area (Å²) in [7, 11) is 0. The number of anilines is 1. The van der Waals surface area contributed by atoms with E-state index in [-0.39, 0.29) is 23.3 Å². The smallest absolute Gasteiger partial charge is 0.262 e. The maximum atomic E-state index is 13.9. The Labute approximate surface area is 177 Å². The molecule has 6 nitrogen and oxygen atoms in total. The van der Waals surface area contributed by atoms with Gasteiger partial charge in [0.1, 0.15) is 5.82 Å². The summed E-state index contributed by atoms with van der Waals surface area (Å²) in [6, 6.07) is 13.2. The highest BCUT2D eigenvalue weighted by molar-refractivity contribution is 8.00. The lowest BCUT2D eigenvalue weighted by atomic mass is 10.2. The minimum Gasteiger partial charge on any atom is -0.376 e. The van der Waals surface area contributed by atoms with Crippen molar-refractivity contribution in [3.05, 3.63) is 64.7 Å². The number of hydrogen-bond donors (Lipinski definition) is 1. The summed E-state index contributed by atoms with van der Waals surface area (Å²) in [5.74, 6) is -0.863. The van der Waals surface area contributed by atoms with E-state index in [2.05, 4.69) is 10.3 Å². The predicted octanol–water partition coefficient (Wildman–Crippen LogP) is 3.83. The molecule has 0 saturated carbocycles. The van der Waals surface area contributed by atoms with Crippen molar-refractivity contribution in [3.8, 4) is 0 Å². The van der Waals surface area contributed by atoms with Gasteiger partial charge in [0.25, 0.3) is 5.56 Å². The molecule has 2 heterocycles. The van der Waals surface area contributed by atoms with Gasteiger partial charge in [-0.15, -0.1) is 0 Å². The van der Waals surface area contributed by atoms with Crippen LogP contribution in [0, 0.1) is 5.82 Å². The quantitative estimate of drug-likeness (QED) is 0.478. The van der Waals surface area contributed by atoms with E-state index in [1.54, 1.807) is 41.8 Å². The third kappa shape index (κ3) is 4.39. The first-order valence-electron chi connectivity index (χ1n) is 9.86. The number of amides is 1. The molecule has 0 bridgehead atoms. The summed E-state index contributed by atoms with van der Waals surface area (Å²) in [6.45, 7) is 2.78. The second kappa shape index (κ2) is 8.97. The number of nitrogens with one attached hydrogen (secondary N) is 1. The molecule has 1 aromatic heterocycles. The number of aromatic nitrogens is 2. The number of halogens is 1. The second-order valence-electron chi connectivity index (χ2n) is 7.19. The number of ether oxygens (including phenoxy) is 1. The average molecular weight is 428 g/mol. The number of rotatable bonds is 6. The molecule has 30 heavy (non-hydrogen) atoms. The Balaban J connectivity index is 1.62. The van der Waals surface area contributed by atoms with E-state index in [1.165, 1.54) is 23.9 Å². The van der Waals surface area contributed by atoms with E-state index in [1.807, 2.05) is 6.07 Å². The van der Waals surface area contributed by atoms with Crippen molar-refractivity contribution in [2.75, 3.05) is 11.9 Å². The molecule has 1 saturated heterocycles. The van der Waals surface area contributed by atoms with Crippen LogP contribution in [-0.4, -0.2) is 33.4 Å². The number of fused-ring (bicyclic) bond motifs is 1. The number of hydrogen-bond acceptors (Lipinski definition) is 5. The van der Waals surface area contributed by atoms with Crippen LogP contribution in [0.5, 0.6) is 0 Å². The monoisotopic (exact) mass is 427 g/mol. The Morgan fingerprint density at radius 1 is 1.30 bits per heavy atom. The number of thioether (sulfide) groups is 1. The summed E-state index contributed by atoms with van der Waals surface area (Å²) in [5.41, 5.74) is 0.550. The fraction of sp³-hybridized carbons (Fsp3) is 0.318. The number of benzene rings is 2. The van der Waals surface area contributed by atoms with Crippen molar-refractivity contribution in [2.45, 2.75) is 42.8 Å². The second-order valence-corrected chi connectivity index (χ2v) is 8.50. The Kier molecular flexibility index (Phi) is 6.15. The molecule has 1 aliphatic rings. The molecule has 1 fully saturated rings. The maximum Gasteiger partial charge on any atom is 0.262 e. The van der Waals surface area contributed by atoms with Crippen molar-refractivity contribution in [2.24, 2.45) is 0 Å². The van der Waals surface area contributed by atoms with E-state index >= 15 is 0 Å². The first-order chi connectivity index (χ1) is 14.5. The highest BCUT2D eigenvalue weighted by atomic mass is 32.2. The van der Waals surface area contributed by atoms with Crippen LogP contribution in [0.25, 0.3) is 10.9 Å². The average Bonchev–Trinajstić information content (AvgIpc) is 3.26. The largest absolute Gasteiger partial charge is 0.376 e. The Hall–Kier alpha value is -2.71. The first-order valence-corrected chi connectivity index (χ1v) is 10.7. The van der Waals surface area contributed by atoms with Gasteiger partial charge >= 0.3 is 0 Å². The summed E-state index contributed by atoms with van der Waals surface area (Å²) >= 11 is 1.18. The van der Waals surface area contributed by atoms with Gasteiger partial charge in [-0.3, -0.25) is 14.2 Å². The molecule has 0 spiro atoms. The number of nitrogens with zero attached hydrogens (tertiary/aromatic N) is 2. The van der Waals surface area contributed by atoms with Crippen LogP contribution < -0.4 is 10.9 Å². The van der Waals surface area contributed by atoms with Gasteiger partial charge in [0.05, 0.1) is 34.5 Å². The van der Waals surface area contributed by atoms with Crippen molar-refractivity contribution < 1.29 is 13.9 Å². The van der Waals surface area contributed by atoms with Gasteiger partial charge in [-0.05, 0) is 44.0 Å². The fourth-order valence-corrected chi connectivity index (χ4v) is 4.32. The van der Waals surface area contributed by atoms with Crippen LogP contribution in [-0.2, 0) is 16.1 Å². The molecule has 3 aromatic rings. The van der Waals surface area contributed by atoms with Crippen LogP contribution >= 0.6 is 11.8 Å². The molecule has 8 heteroatoms. The van der Waals surface area contributed by atoms with Crippen molar-refractivity contribution in [1.29, 1.82) is 0 Å². The zero-order valence-electron chi connectivity index (χ0n) is 16.5. The standard InChI is InChI=1S/C22H22FN3O3S/c1-14(20(27)24-19-11-5-3-9-17(19)23)30-22-25-18-10-4-2-8-16(18)21(28)26(22)13-15-7-6-12-29-15/h2-5,8-11,14-15H,6-7,12-13H2,1H3,(H,24,27)/t14-,15-/m0/s1. The zero-order valence-corrected chi connectivity index (χ0v) is 17.3. The lowest BCUT2D eigenvalue weighted by Crippen LogP contribution is -2.30. The minimum atomic E-state index is -0.589. The zero-order chi connectivity index (χ0) is 21.1. The number of para-hydroxylation sites is 2. The van der Waals surface area contributed by atoms with E-state index in [4.69, 9.17) is 4.74 Å². The van der Waals surface area contributed by atoms with Crippen LogP contribution in [0.2, 0.25) is 0 Å². The molecule has 1 N–H and O–H groups in total. The Bertz CT molecular complexity index is 1130. The maximum absolute atomic E-state index is 13.9. The lowest BCUT2D eigenvalue weighted by Gasteiger charge is -2.18. The van der Waals surface area contributed by atoms with Crippen molar-refractivity contribution >= 4 is 34.3 Å². The third-order valence-electron chi connectivity index (χ3n) is 5.02.